The van der Waals surface area contributed by atoms with Crippen LogP contribution in [0.4, 0.5) is 0 Å². The van der Waals surface area contributed by atoms with E-state index >= 15 is 0 Å². The van der Waals surface area contributed by atoms with E-state index in [9.17, 15) is 9.90 Å². The number of hydrogen-bond donors (Lipinski definition) is 1. The Morgan fingerprint density at radius 3 is 2.16 bits per heavy atom. The molecule has 0 saturated carbocycles. The molecule has 1 N–H and O–H groups in total. The van der Waals surface area contributed by atoms with E-state index in [-0.39, 0.29) is 6.04 Å². The van der Waals surface area contributed by atoms with E-state index < -0.39 is 5.60 Å². The standard InChI is InChI=1S/C22H26NO2/c24-18-10-9-17-23-16-8-7-15-21(23)22(25,19-11-3-1-4-12-19)20-13-5-2-6-14-20/h1-6,11-14,21,25H,7-10,15-17H2. The van der Waals surface area contributed by atoms with Gasteiger partial charge in [-0.15, -0.1) is 0 Å². The number of unbranched alkanes of at least 4 members (excludes halogenated alkanes) is 1. The van der Waals surface area contributed by atoms with Crippen molar-refractivity contribution in [2.75, 3.05) is 13.1 Å². The van der Waals surface area contributed by atoms with Crippen LogP contribution in [0.2, 0.25) is 0 Å². The van der Waals surface area contributed by atoms with Crippen LogP contribution in [-0.4, -0.2) is 35.4 Å². The molecule has 1 radical (unpaired) electrons. The lowest BCUT2D eigenvalue weighted by Crippen LogP contribution is -2.54. The van der Waals surface area contributed by atoms with Gasteiger partial charge in [-0.3, -0.25) is 9.69 Å². The number of nitrogens with zero attached hydrogens (tertiary/aromatic N) is 1. The molecule has 2 aromatic carbocycles. The highest BCUT2D eigenvalue weighted by molar-refractivity contribution is 5.50. The molecule has 1 aliphatic rings. The minimum absolute atomic E-state index is 0.0118. The third-order valence-electron chi connectivity index (χ3n) is 5.25. The number of hydrogen-bond acceptors (Lipinski definition) is 3. The quantitative estimate of drug-likeness (QED) is 0.784. The lowest BCUT2D eigenvalue weighted by Gasteiger charge is -2.46. The van der Waals surface area contributed by atoms with Crippen LogP contribution in [0.25, 0.3) is 0 Å². The van der Waals surface area contributed by atoms with Gasteiger partial charge in [0, 0.05) is 12.5 Å². The summed E-state index contributed by atoms with van der Waals surface area (Å²) in [6.07, 6.45) is 6.44. The predicted molar refractivity (Wildman–Crippen MR) is 100 cm³/mol. The first-order chi connectivity index (χ1) is 12.3. The fourth-order valence-electron chi connectivity index (χ4n) is 4.02. The van der Waals surface area contributed by atoms with Crippen molar-refractivity contribution in [1.29, 1.82) is 0 Å². The Morgan fingerprint density at radius 2 is 1.60 bits per heavy atom. The van der Waals surface area contributed by atoms with E-state index in [2.05, 4.69) is 4.90 Å². The van der Waals surface area contributed by atoms with Crippen molar-refractivity contribution in [2.24, 2.45) is 0 Å². The molecule has 1 aliphatic heterocycles. The summed E-state index contributed by atoms with van der Waals surface area (Å²) >= 11 is 0. The molecule has 131 valence electrons. The fourth-order valence-corrected chi connectivity index (χ4v) is 4.02. The smallest absolute Gasteiger partial charge is 0.198 e. The second-order valence-electron chi connectivity index (χ2n) is 6.79. The molecule has 1 unspecified atom stereocenters. The first-order valence-corrected chi connectivity index (χ1v) is 9.19. The lowest BCUT2D eigenvalue weighted by molar-refractivity contribution is -0.0382. The molecule has 25 heavy (non-hydrogen) atoms. The van der Waals surface area contributed by atoms with Crippen LogP contribution in [-0.2, 0) is 10.4 Å². The molecule has 0 spiro atoms. The van der Waals surface area contributed by atoms with E-state index in [1.807, 2.05) is 66.9 Å². The largest absolute Gasteiger partial charge is 0.379 e. The van der Waals surface area contributed by atoms with E-state index in [0.29, 0.717) is 6.42 Å². The van der Waals surface area contributed by atoms with Gasteiger partial charge in [0.2, 0.25) is 0 Å². The molecule has 1 heterocycles. The molecule has 3 rings (SSSR count). The Morgan fingerprint density at radius 1 is 1.00 bits per heavy atom. The molecular formula is C22H26NO2. The lowest BCUT2D eigenvalue weighted by atomic mass is 9.76. The number of aliphatic hydroxyl groups is 1. The third-order valence-corrected chi connectivity index (χ3v) is 5.25. The summed E-state index contributed by atoms with van der Waals surface area (Å²) < 4.78 is 0. The number of benzene rings is 2. The summed E-state index contributed by atoms with van der Waals surface area (Å²) in [5.74, 6) is 0. The Balaban J connectivity index is 1.99. The maximum absolute atomic E-state index is 12.0. The zero-order valence-electron chi connectivity index (χ0n) is 14.6. The normalized spacial score (nSPS) is 18.8. The number of carbonyl (C=O) groups excluding carboxylic acids is 1. The minimum atomic E-state index is -1.05. The molecule has 3 heteroatoms. The summed E-state index contributed by atoms with van der Waals surface area (Å²) in [5, 5.41) is 12.0. The number of piperidine rings is 1. The van der Waals surface area contributed by atoms with Gasteiger partial charge in [-0.2, -0.15) is 0 Å². The van der Waals surface area contributed by atoms with Gasteiger partial charge in [0.05, 0.1) is 0 Å². The first kappa shape index (κ1) is 17.8. The average molecular weight is 336 g/mol. The summed E-state index contributed by atoms with van der Waals surface area (Å²) in [7, 11) is 0. The van der Waals surface area contributed by atoms with Crippen molar-refractivity contribution in [2.45, 2.75) is 43.7 Å². The molecule has 0 bridgehead atoms. The minimum Gasteiger partial charge on any atom is -0.379 e. The van der Waals surface area contributed by atoms with E-state index in [0.717, 1.165) is 49.9 Å². The Kier molecular flexibility index (Phi) is 6.00. The van der Waals surface area contributed by atoms with E-state index in [1.165, 1.54) is 0 Å². The van der Waals surface area contributed by atoms with Crippen LogP contribution >= 0.6 is 0 Å². The van der Waals surface area contributed by atoms with Crippen molar-refractivity contribution in [3.63, 3.8) is 0 Å². The van der Waals surface area contributed by atoms with Crippen molar-refractivity contribution in [3.8, 4) is 0 Å². The van der Waals surface area contributed by atoms with Gasteiger partial charge in [-0.1, -0.05) is 67.1 Å². The monoisotopic (exact) mass is 336 g/mol. The fraction of sp³-hybridized carbons (Fsp3) is 0.409. The van der Waals surface area contributed by atoms with Crippen LogP contribution in [0.3, 0.4) is 0 Å². The van der Waals surface area contributed by atoms with Crippen LogP contribution < -0.4 is 0 Å². The third kappa shape index (κ3) is 3.83. The molecule has 3 nitrogen and oxygen atoms in total. The zero-order chi connectivity index (χ0) is 17.5. The van der Waals surface area contributed by atoms with Crippen LogP contribution in [0.1, 0.15) is 43.2 Å². The van der Waals surface area contributed by atoms with Gasteiger partial charge in [-0.05, 0) is 43.5 Å². The van der Waals surface area contributed by atoms with Gasteiger partial charge >= 0.3 is 0 Å². The maximum Gasteiger partial charge on any atom is 0.198 e. The average Bonchev–Trinajstić information content (AvgIpc) is 2.69. The van der Waals surface area contributed by atoms with Gasteiger partial charge in [0.1, 0.15) is 5.60 Å². The van der Waals surface area contributed by atoms with Crippen LogP contribution in [0, 0.1) is 0 Å². The van der Waals surface area contributed by atoms with Crippen molar-refractivity contribution in [1.82, 2.24) is 4.90 Å². The molecule has 0 amide bonds. The number of likely N-dealkylation sites (tertiary alicyclic amines) is 1. The summed E-state index contributed by atoms with van der Waals surface area (Å²) in [5.41, 5.74) is 0.813. The van der Waals surface area contributed by atoms with Crippen molar-refractivity contribution in [3.05, 3.63) is 71.8 Å². The van der Waals surface area contributed by atoms with Crippen LogP contribution in [0.15, 0.2) is 60.7 Å². The summed E-state index contributed by atoms with van der Waals surface area (Å²) in [6, 6.07) is 20.0. The van der Waals surface area contributed by atoms with Gasteiger partial charge in [-0.25, -0.2) is 0 Å². The molecular weight excluding hydrogens is 310 g/mol. The van der Waals surface area contributed by atoms with Gasteiger partial charge in [0.25, 0.3) is 0 Å². The van der Waals surface area contributed by atoms with Gasteiger partial charge < -0.3 is 5.11 Å². The van der Waals surface area contributed by atoms with Crippen LogP contribution in [0.5, 0.6) is 0 Å². The van der Waals surface area contributed by atoms with Gasteiger partial charge in [0.15, 0.2) is 6.29 Å². The Bertz CT molecular complexity index is 617. The highest BCUT2D eigenvalue weighted by atomic mass is 16.3. The second kappa shape index (κ2) is 8.41. The molecule has 2 aromatic rings. The zero-order valence-corrected chi connectivity index (χ0v) is 14.6. The topological polar surface area (TPSA) is 40.5 Å². The SMILES string of the molecule is O=[C]CCCN1CCCCC1C(O)(c1ccccc1)c1ccccc1. The van der Waals surface area contributed by atoms with Crippen molar-refractivity contribution >= 4 is 6.29 Å². The number of rotatable bonds is 7. The Hall–Kier alpha value is -1.97. The Labute approximate surface area is 150 Å². The molecule has 0 aliphatic carbocycles. The molecule has 1 fully saturated rings. The summed E-state index contributed by atoms with van der Waals surface area (Å²) in [4.78, 5) is 12.9. The molecule has 0 aromatic heterocycles. The first-order valence-electron chi connectivity index (χ1n) is 9.19. The molecule has 1 atom stereocenters. The van der Waals surface area contributed by atoms with E-state index in [4.69, 9.17) is 0 Å². The molecule has 1 saturated heterocycles. The van der Waals surface area contributed by atoms with Crippen molar-refractivity contribution < 1.29 is 9.90 Å². The maximum atomic E-state index is 12.0. The van der Waals surface area contributed by atoms with E-state index in [1.54, 1.807) is 0 Å². The summed E-state index contributed by atoms with van der Waals surface area (Å²) in [6.45, 7) is 1.79. The highest BCUT2D eigenvalue weighted by Crippen LogP contribution is 2.39. The second-order valence-corrected chi connectivity index (χ2v) is 6.79. The predicted octanol–water partition coefficient (Wildman–Crippen LogP) is 3.67. The highest BCUT2D eigenvalue weighted by Gasteiger charge is 2.43.